The lowest BCUT2D eigenvalue weighted by atomic mass is 9.95. The molecule has 5 nitrogen and oxygen atoms in total. The van der Waals surface area contributed by atoms with Crippen molar-refractivity contribution in [1.82, 2.24) is 20.4 Å². The standard InChI is InChI=1S/C14H16Br2N4O/c15-10-6-11(16)13(18-8-10)14-19-12(21-20-14)4-3-9-2-1-5-17-7-9/h6,8-9,17H,1-5,7H2. The number of pyridine rings is 1. The van der Waals surface area contributed by atoms with Crippen LogP contribution < -0.4 is 5.32 Å². The Morgan fingerprint density at radius 1 is 1.38 bits per heavy atom. The quantitative estimate of drug-likeness (QED) is 0.826. The lowest BCUT2D eigenvalue weighted by molar-refractivity contribution is 0.327. The number of nitrogens with one attached hydrogen (secondary N) is 1. The number of aromatic nitrogens is 3. The van der Waals surface area contributed by atoms with Crippen LogP contribution >= 0.6 is 31.9 Å². The second-order valence-electron chi connectivity index (χ2n) is 5.25. The van der Waals surface area contributed by atoms with E-state index in [2.05, 4.69) is 52.3 Å². The molecule has 0 bridgehead atoms. The van der Waals surface area contributed by atoms with Gasteiger partial charge in [-0.3, -0.25) is 4.98 Å². The molecular formula is C14H16Br2N4O. The summed E-state index contributed by atoms with van der Waals surface area (Å²) in [4.78, 5) is 8.77. The maximum Gasteiger partial charge on any atom is 0.227 e. The molecule has 0 aromatic carbocycles. The molecule has 0 amide bonds. The highest BCUT2D eigenvalue weighted by Gasteiger charge is 2.16. The van der Waals surface area contributed by atoms with Crippen molar-refractivity contribution in [2.75, 3.05) is 13.1 Å². The summed E-state index contributed by atoms with van der Waals surface area (Å²) in [6.07, 6.45) is 6.18. The average molecular weight is 416 g/mol. The Balaban J connectivity index is 1.65. The van der Waals surface area contributed by atoms with Crippen molar-refractivity contribution < 1.29 is 4.52 Å². The van der Waals surface area contributed by atoms with Gasteiger partial charge in [-0.15, -0.1) is 0 Å². The summed E-state index contributed by atoms with van der Waals surface area (Å²) in [5.74, 6) is 1.94. The lowest BCUT2D eigenvalue weighted by Crippen LogP contribution is -2.29. The molecule has 2 aromatic rings. The molecule has 1 aliphatic heterocycles. The van der Waals surface area contributed by atoms with Crippen LogP contribution in [0.1, 0.15) is 25.2 Å². The second-order valence-corrected chi connectivity index (χ2v) is 7.02. The van der Waals surface area contributed by atoms with Crippen molar-refractivity contribution in [3.05, 3.63) is 27.1 Å². The van der Waals surface area contributed by atoms with Crippen molar-refractivity contribution in [2.45, 2.75) is 25.7 Å². The van der Waals surface area contributed by atoms with Crippen molar-refractivity contribution >= 4 is 31.9 Å². The van der Waals surface area contributed by atoms with E-state index in [1.807, 2.05) is 6.07 Å². The van der Waals surface area contributed by atoms with Gasteiger partial charge >= 0.3 is 0 Å². The van der Waals surface area contributed by atoms with Crippen molar-refractivity contribution in [1.29, 1.82) is 0 Å². The van der Waals surface area contributed by atoms with Gasteiger partial charge in [0.2, 0.25) is 11.7 Å². The molecule has 21 heavy (non-hydrogen) atoms. The van der Waals surface area contributed by atoms with Crippen molar-refractivity contribution in [3.63, 3.8) is 0 Å². The monoisotopic (exact) mass is 414 g/mol. The Morgan fingerprint density at radius 2 is 2.29 bits per heavy atom. The van der Waals surface area contributed by atoms with Crippen LogP contribution in [0.5, 0.6) is 0 Å². The van der Waals surface area contributed by atoms with Crippen LogP contribution in [0.25, 0.3) is 11.5 Å². The lowest BCUT2D eigenvalue weighted by Gasteiger charge is -2.21. The fraction of sp³-hybridized carbons (Fsp3) is 0.500. The predicted octanol–water partition coefficient (Wildman–Crippen LogP) is 3.59. The van der Waals surface area contributed by atoms with Gasteiger partial charge in [-0.25, -0.2) is 0 Å². The number of rotatable bonds is 4. The van der Waals surface area contributed by atoms with Gasteiger partial charge in [0.05, 0.1) is 0 Å². The normalized spacial score (nSPS) is 18.9. The minimum absolute atomic E-state index is 0.533. The zero-order valence-electron chi connectivity index (χ0n) is 11.5. The molecule has 7 heteroatoms. The first-order valence-corrected chi connectivity index (χ1v) is 8.65. The van der Waals surface area contributed by atoms with Crippen molar-refractivity contribution in [2.24, 2.45) is 5.92 Å². The van der Waals surface area contributed by atoms with E-state index in [-0.39, 0.29) is 0 Å². The third kappa shape index (κ3) is 3.90. The molecule has 1 N–H and O–H groups in total. The minimum atomic E-state index is 0.533. The van der Waals surface area contributed by atoms with Crippen LogP contribution in [0.15, 0.2) is 25.7 Å². The summed E-state index contributed by atoms with van der Waals surface area (Å²) in [7, 11) is 0. The average Bonchev–Trinajstić information content (AvgIpc) is 2.95. The van der Waals surface area contributed by atoms with E-state index in [4.69, 9.17) is 4.52 Å². The van der Waals surface area contributed by atoms with Crippen LogP contribution in [0, 0.1) is 5.92 Å². The Bertz CT molecular complexity index is 611. The molecule has 3 rings (SSSR count). The molecular weight excluding hydrogens is 400 g/mol. The topological polar surface area (TPSA) is 63.8 Å². The third-order valence-corrected chi connectivity index (χ3v) is 4.69. The summed E-state index contributed by atoms with van der Waals surface area (Å²) in [5.41, 5.74) is 0.701. The van der Waals surface area contributed by atoms with Crippen LogP contribution in [0.3, 0.4) is 0 Å². The van der Waals surface area contributed by atoms with Crippen LogP contribution in [0.4, 0.5) is 0 Å². The minimum Gasteiger partial charge on any atom is -0.339 e. The number of hydrogen-bond donors (Lipinski definition) is 1. The Kier molecular flexibility index (Phi) is 5.03. The smallest absolute Gasteiger partial charge is 0.227 e. The summed E-state index contributed by atoms with van der Waals surface area (Å²) >= 11 is 6.85. The molecule has 0 radical (unpaired) electrons. The van der Waals surface area contributed by atoms with E-state index in [0.717, 1.165) is 34.9 Å². The van der Waals surface area contributed by atoms with Crippen LogP contribution in [-0.2, 0) is 6.42 Å². The number of halogens is 2. The first kappa shape index (κ1) is 15.1. The van der Waals surface area contributed by atoms with E-state index in [1.165, 1.54) is 12.8 Å². The van der Waals surface area contributed by atoms with Gasteiger partial charge in [0.1, 0.15) is 5.69 Å². The van der Waals surface area contributed by atoms with E-state index < -0.39 is 0 Å². The molecule has 0 saturated carbocycles. The Labute approximate surface area is 140 Å². The van der Waals surface area contributed by atoms with E-state index in [9.17, 15) is 0 Å². The highest BCUT2D eigenvalue weighted by molar-refractivity contribution is 9.11. The molecule has 112 valence electrons. The van der Waals surface area contributed by atoms with Gasteiger partial charge in [0.15, 0.2) is 0 Å². The number of piperidine rings is 1. The predicted molar refractivity (Wildman–Crippen MR) is 86.8 cm³/mol. The third-order valence-electron chi connectivity index (χ3n) is 3.65. The molecule has 0 aliphatic carbocycles. The van der Waals surface area contributed by atoms with Gasteiger partial charge in [-0.2, -0.15) is 4.98 Å². The molecule has 1 saturated heterocycles. The molecule has 1 aliphatic rings. The first-order chi connectivity index (χ1) is 10.2. The summed E-state index contributed by atoms with van der Waals surface area (Å²) in [6.45, 7) is 2.24. The number of aryl methyl sites for hydroxylation is 1. The van der Waals surface area contributed by atoms with E-state index >= 15 is 0 Å². The first-order valence-electron chi connectivity index (χ1n) is 7.07. The summed E-state index contributed by atoms with van der Waals surface area (Å²) in [6, 6.07) is 1.92. The fourth-order valence-corrected chi connectivity index (χ4v) is 3.69. The number of nitrogens with zero attached hydrogens (tertiary/aromatic N) is 3. The molecule has 1 unspecified atom stereocenters. The maximum absolute atomic E-state index is 5.34. The zero-order valence-corrected chi connectivity index (χ0v) is 14.7. The van der Waals surface area contributed by atoms with Crippen molar-refractivity contribution in [3.8, 4) is 11.5 Å². The molecule has 1 atom stereocenters. The van der Waals surface area contributed by atoms with Gasteiger partial charge < -0.3 is 9.84 Å². The molecule has 0 spiro atoms. The maximum atomic E-state index is 5.34. The molecule has 2 aromatic heterocycles. The summed E-state index contributed by atoms with van der Waals surface area (Å²) in [5, 5.41) is 7.46. The Hall–Kier alpha value is -0.790. The Morgan fingerprint density at radius 3 is 3.05 bits per heavy atom. The second kappa shape index (κ2) is 6.98. The molecule has 3 heterocycles. The van der Waals surface area contributed by atoms with Gasteiger partial charge in [-0.1, -0.05) is 5.16 Å². The largest absolute Gasteiger partial charge is 0.339 e. The highest BCUT2D eigenvalue weighted by atomic mass is 79.9. The zero-order chi connectivity index (χ0) is 14.7. The fourth-order valence-electron chi connectivity index (χ4n) is 2.53. The van der Waals surface area contributed by atoms with Gasteiger partial charge in [0.25, 0.3) is 0 Å². The number of hydrogen-bond acceptors (Lipinski definition) is 5. The van der Waals surface area contributed by atoms with Crippen LogP contribution in [0.2, 0.25) is 0 Å². The summed E-state index contributed by atoms with van der Waals surface area (Å²) < 4.78 is 7.10. The van der Waals surface area contributed by atoms with E-state index in [1.54, 1.807) is 6.20 Å². The highest BCUT2D eigenvalue weighted by Crippen LogP contribution is 2.27. The van der Waals surface area contributed by atoms with E-state index in [0.29, 0.717) is 23.3 Å². The van der Waals surface area contributed by atoms with Gasteiger partial charge in [-0.05, 0) is 76.2 Å². The van der Waals surface area contributed by atoms with Crippen LogP contribution in [-0.4, -0.2) is 28.2 Å². The van der Waals surface area contributed by atoms with Gasteiger partial charge in [0, 0.05) is 21.6 Å². The SMILES string of the molecule is Brc1cnc(-c2noc(CCC3CCCNC3)n2)c(Br)c1. The molecule has 1 fully saturated rings.